The van der Waals surface area contributed by atoms with Crippen LogP contribution in [-0.2, 0) is 6.61 Å². The Bertz CT molecular complexity index is 1620. The number of carbonyl (C=O) groups is 1. The SMILES string of the molecule is O=C(O)c1ccc(COc2c(C=Nn3c(C4CCCCC4)nc4ccccc4c3=O)cccc2[N+](=O)[O-])cc1. The van der Waals surface area contributed by atoms with E-state index in [-0.39, 0.29) is 35.1 Å². The number of nitrogens with zero attached hydrogens (tertiary/aromatic N) is 4. The minimum atomic E-state index is -1.05. The molecule has 5 rings (SSSR count). The van der Waals surface area contributed by atoms with Crippen LogP contribution in [0.25, 0.3) is 10.9 Å². The van der Waals surface area contributed by atoms with E-state index in [0.717, 1.165) is 32.1 Å². The molecule has 0 aliphatic heterocycles. The van der Waals surface area contributed by atoms with Crippen molar-refractivity contribution in [3.05, 3.63) is 110 Å². The molecule has 198 valence electrons. The van der Waals surface area contributed by atoms with Crippen molar-refractivity contribution in [1.82, 2.24) is 9.66 Å². The number of hydrogen-bond donors (Lipinski definition) is 1. The number of nitro benzene ring substituents is 1. The Morgan fingerprint density at radius 2 is 1.82 bits per heavy atom. The van der Waals surface area contributed by atoms with Crippen molar-refractivity contribution in [3.8, 4) is 5.75 Å². The number of hydrogen-bond acceptors (Lipinski definition) is 7. The second-order valence-corrected chi connectivity index (χ2v) is 9.43. The Hall–Kier alpha value is -4.86. The minimum absolute atomic E-state index is 0.00502. The van der Waals surface area contributed by atoms with Crippen LogP contribution in [0.3, 0.4) is 0 Å². The summed E-state index contributed by atoms with van der Waals surface area (Å²) in [4.78, 5) is 40.7. The van der Waals surface area contributed by atoms with Gasteiger partial charge in [-0.1, -0.05) is 49.6 Å². The van der Waals surface area contributed by atoms with E-state index in [9.17, 15) is 19.7 Å². The Morgan fingerprint density at radius 3 is 2.54 bits per heavy atom. The molecule has 4 aromatic rings. The van der Waals surface area contributed by atoms with Crippen LogP contribution < -0.4 is 10.3 Å². The Morgan fingerprint density at radius 1 is 1.08 bits per heavy atom. The second kappa shape index (κ2) is 11.3. The number of benzene rings is 3. The summed E-state index contributed by atoms with van der Waals surface area (Å²) in [6.45, 7) is -0.0314. The smallest absolute Gasteiger partial charge is 0.335 e. The monoisotopic (exact) mass is 526 g/mol. The van der Waals surface area contributed by atoms with Gasteiger partial charge in [-0.15, -0.1) is 0 Å². The van der Waals surface area contributed by atoms with E-state index in [1.165, 1.54) is 35.2 Å². The number of carboxylic acids is 1. The highest BCUT2D eigenvalue weighted by molar-refractivity contribution is 5.87. The van der Waals surface area contributed by atoms with Crippen LogP contribution in [0.1, 0.15) is 65.3 Å². The van der Waals surface area contributed by atoms with E-state index in [1.54, 1.807) is 30.3 Å². The highest BCUT2D eigenvalue weighted by Gasteiger charge is 2.23. The van der Waals surface area contributed by atoms with Crippen molar-refractivity contribution in [2.75, 3.05) is 0 Å². The Balaban J connectivity index is 1.53. The zero-order chi connectivity index (χ0) is 27.4. The molecule has 39 heavy (non-hydrogen) atoms. The van der Waals surface area contributed by atoms with Crippen molar-refractivity contribution in [2.45, 2.75) is 44.6 Å². The first kappa shape index (κ1) is 25.8. The zero-order valence-corrected chi connectivity index (χ0v) is 21.0. The van der Waals surface area contributed by atoms with E-state index >= 15 is 0 Å². The summed E-state index contributed by atoms with van der Waals surface area (Å²) in [7, 11) is 0. The number of rotatable bonds is 8. The number of para-hydroxylation sites is 2. The van der Waals surface area contributed by atoms with Crippen LogP contribution in [0, 0.1) is 10.1 Å². The van der Waals surface area contributed by atoms with Crippen molar-refractivity contribution in [3.63, 3.8) is 0 Å². The van der Waals surface area contributed by atoms with E-state index in [0.29, 0.717) is 27.9 Å². The van der Waals surface area contributed by atoms with Crippen molar-refractivity contribution in [1.29, 1.82) is 0 Å². The fourth-order valence-corrected chi connectivity index (χ4v) is 4.84. The van der Waals surface area contributed by atoms with Crippen molar-refractivity contribution >= 4 is 28.8 Å². The molecule has 3 aromatic carbocycles. The van der Waals surface area contributed by atoms with Gasteiger partial charge in [0.15, 0.2) is 0 Å². The van der Waals surface area contributed by atoms with Crippen LogP contribution in [-0.4, -0.2) is 31.9 Å². The lowest BCUT2D eigenvalue weighted by atomic mass is 9.88. The maximum absolute atomic E-state index is 13.5. The van der Waals surface area contributed by atoms with Crippen molar-refractivity contribution in [2.24, 2.45) is 5.10 Å². The summed E-state index contributed by atoms with van der Waals surface area (Å²) in [5, 5.41) is 25.8. The van der Waals surface area contributed by atoms with Crippen molar-refractivity contribution < 1.29 is 19.6 Å². The predicted octanol–water partition coefficient (Wildman–Crippen LogP) is 5.51. The van der Waals surface area contributed by atoms with Gasteiger partial charge in [0.2, 0.25) is 5.75 Å². The molecule has 1 N–H and O–H groups in total. The van der Waals surface area contributed by atoms with Crippen LogP contribution in [0.4, 0.5) is 5.69 Å². The molecule has 1 heterocycles. The highest BCUT2D eigenvalue weighted by atomic mass is 16.6. The van der Waals surface area contributed by atoms with Gasteiger partial charge in [0.1, 0.15) is 12.4 Å². The fourth-order valence-electron chi connectivity index (χ4n) is 4.84. The number of aromatic carboxylic acids is 1. The zero-order valence-electron chi connectivity index (χ0n) is 21.0. The molecule has 1 fully saturated rings. The number of carboxylic acid groups (broad SMARTS) is 1. The molecule has 0 radical (unpaired) electrons. The summed E-state index contributed by atoms with van der Waals surface area (Å²) in [5.74, 6) is -0.385. The second-order valence-electron chi connectivity index (χ2n) is 9.43. The van der Waals surface area contributed by atoms with Gasteiger partial charge in [-0.25, -0.2) is 9.78 Å². The predicted molar refractivity (Wildman–Crippen MR) is 146 cm³/mol. The molecule has 1 aliphatic rings. The van der Waals surface area contributed by atoms with E-state index in [4.69, 9.17) is 14.8 Å². The normalized spacial score (nSPS) is 14.1. The summed E-state index contributed by atoms with van der Waals surface area (Å²) in [6.07, 6.45) is 6.45. The molecule has 1 aliphatic carbocycles. The third-order valence-corrected chi connectivity index (χ3v) is 6.87. The standard InChI is InChI=1S/C29H26N4O6/c34-28-23-10-4-5-11-24(23)31-27(20-7-2-1-3-8-20)32(28)30-17-22-9-6-12-25(33(37)38)26(22)39-18-19-13-15-21(16-14-19)29(35)36/h4-6,9-17,20H,1-3,7-8,18H2,(H,35,36). The van der Waals surface area contributed by atoms with Gasteiger partial charge in [-0.2, -0.15) is 9.78 Å². The summed E-state index contributed by atoms with van der Waals surface area (Å²) in [5.41, 5.74) is 1.14. The van der Waals surface area contributed by atoms with E-state index in [2.05, 4.69) is 5.10 Å². The maximum atomic E-state index is 13.5. The molecule has 0 unspecified atom stereocenters. The van der Waals surface area contributed by atoms with E-state index in [1.807, 2.05) is 12.1 Å². The summed E-state index contributed by atoms with van der Waals surface area (Å²) in [6, 6.07) is 17.7. The molecular weight excluding hydrogens is 500 g/mol. The average molecular weight is 527 g/mol. The Kier molecular flexibility index (Phi) is 7.44. The molecule has 0 saturated heterocycles. The first-order valence-corrected chi connectivity index (χ1v) is 12.7. The van der Waals surface area contributed by atoms with Crippen LogP contribution in [0.5, 0.6) is 5.75 Å². The third-order valence-electron chi connectivity index (χ3n) is 6.87. The van der Waals surface area contributed by atoms with Gasteiger partial charge in [0.05, 0.1) is 27.6 Å². The molecule has 0 atom stereocenters. The highest BCUT2D eigenvalue weighted by Crippen LogP contribution is 2.33. The largest absolute Gasteiger partial charge is 0.481 e. The quantitative estimate of drug-likeness (QED) is 0.181. The first-order valence-electron chi connectivity index (χ1n) is 12.7. The molecular formula is C29H26N4O6. The lowest BCUT2D eigenvalue weighted by Crippen LogP contribution is -2.25. The molecule has 10 heteroatoms. The van der Waals surface area contributed by atoms with Gasteiger partial charge in [0.25, 0.3) is 5.56 Å². The van der Waals surface area contributed by atoms with Gasteiger partial charge >= 0.3 is 11.7 Å². The van der Waals surface area contributed by atoms with Crippen LogP contribution >= 0.6 is 0 Å². The number of nitro groups is 1. The average Bonchev–Trinajstić information content (AvgIpc) is 2.96. The number of aromatic nitrogens is 2. The third kappa shape index (κ3) is 5.54. The maximum Gasteiger partial charge on any atom is 0.335 e. The van der Waals surface area contributed by atoms with E-state index < -0.39 is 10.9 Å². The molecule has 0 spiro atoms. The van der Waals surface area contributed by atoms with Gasteiger partial charge < -0.3 is 9.84 Å². The molecule has 1 aromatic heterocycles. The van der Waals surface area contributed by atoms with Crippen LogP contribution in [0.2, 0.25) is 0 Å². The molecule has 10 nitrogen and oxygen atoms in total. The molecule has 0 amide bonds. The van der Waals surface area contributed by atoms with Gasteiger partial charge in [-0.3, -0.25) is 14.9 Å². The Labute approximate surface area is 223 Å². The number of ether oxygens (including phenoxy) is 1. The summed E-state index contributed by atoms with van der Waals surface area (Å²) < 4.78 is 7.18. The first-order chi connectivity index (χ1) is 18.9. The topological polar surface area (TPSA) is 137 Å². The lowest BCUT2D eigenvalue weighted by Gasteiger charge is -2.22. The van der Waals surface area contributed by atoms with Gasteiger partial charge in [-0.05, 0) is 48.7 Å². The number of fused-ring (bicyclic) bond motifs is 1. The van der Waals surface area contributed by atoms with Gasteiger partial charge in [0, 0.05) is 17.5 Å². The summed E-state index contributed by atoms with van der Waals surface area (Å²) >= 11 is 0. The fraction of sp³-hybridized carbons (Fsp3) is 0.241. The minimum Gasteiger partial charge on any atom is -0.481 e. The molecule has 0 bridgehead atoms. The molecule has 1 saturated carbocycles. The lowest BCUT2D eigenvalue weighted by molar-refractivity contribution is -0.385. The van der Waals surface area contributed by atoms with Crippen LogP contribution in [0.15, 0.2) is 76.6 Å².